The van der Waals surface area contributed by atoms with Crippen molar-refractivity contribution in [3.05, 3.63) is 102 Å². The molecule has 0 saturated heterocycles. The number of fused-ring (bicyclic) bond motifs is 1. The molecule has 3 aromatic heterocycles. The number of hydrogen-bond donors (Lipinski definition) is 1. The van der Waals surface area contributed by atoms with E-state index in [1.807, 2.05) is 66.9 Å². The molecule has 2 aromatic carbocycles. The Morgan fingerprint density at radius 2 is 1.61 bits per heavy atom. The van der Waals surface area contributed by atoms with Crippen molar-refractivity contribution in [3.8, 4) is 28.1 Å². The van der Waals surface area contributed by atoms with Crippen molar-refractivity contribution < 1.29 is 0 Å². The fourth-order valence-corrected chi connectivity index (χ4v) is 3.41. The summed E-state index contributed by atoms with van der Waals surface area (Å²) in [6.07, 6.45) is 5.37. The number of H-pyrrole nitrogens is 1. The van der Waals surface area contributed by atoms with Gasteiger partial charge in [0.25, 0.3) is 5.56 Å². The van der Waals surface area contributed by atoms with E-state index in [9.17, 15) is 4.79 Å². The van der Waals surface area contributed by atoms with Crippen LogP contribution >= 0.6 is 0 Å². The molecule has 0 aliphatic carbocycles. The maximum absolute atomic E-state index is 12.5. The largest absolute Gasteiger partial charge is 0.290 e. The fourth-order valence-electron chi connectivity index (χ4n) is 3.41. The molecule has 0 amide bonds. The highest BCUT2D eigenvalue weighted by molar-refractivity contribution is 5.96. The Kier molecular flexibility index (Phi) is 3.84. The van der Waals surface area contributed by atoms with Gasteiger partial charge in [-0.05, 0) is 53.6 Å². The molecule has 5 heteroatoms. The molecule has 5 aromatic rings. The first-order chi connectivity index (χ1) is 13.8. The fraction of sp³-hybridized carbons (Fsp3) is 0. The normalized spacial score (nSPS) is 11.0. The lowest BCUT2D eigenvalue weighted by Crippen LogP contribution is -2.12. The third-order valence-corrected chi connectivity index (χ3v) is 4.78. The molecule has 0 saturated carbocycles. The lowest BCUT2D eigenvalue weighted by molar-refractivity contribution is 0.853. The molecule has 134 valence electrons. The van der Waals surface area contributed by atoms with Crippen LogP contribution in [0.15, 0.2) is 96.2 Å². The maximum Gasteiger partial charge on any atom is 0.271 e. The number of benzene rings is 2. The Balaban J connectivity index is 1.66. The first kappa shape index (κ1) is 16.2. The van der Waals surface area contributed by atoms with E-state index in [1.54, 1.807) is 23.1 Å². The van der Waals surface area contributed by atoms with E-state index in [0.717, 1.165) is 39.0 Å². The van der Waals surface area contributed by atoms with Crippen molar-refractivity contribution >= 4 is 10.9 Å². The lowest BCUT2D eigenvalue weighted by Gasteiger charge is -2.08. The molecule has 0 bridgehead atoms. The summed E-state index contributed by atoms with van der Waals surface area (Å²) in [5.74, 6) is 0. The van der Waals surface area contributed by atoms with Gasteiger partial charge in [0, 0.05) is 35.6 Å². The first-order valence-corrected chi connectivity index (χ1v) is 8.97. The number of rotatable bonds is 3. The van der Waals surface area contributed by atoms with Gasteiger partial charge >= 0.3 is 0 Å². The van der Waals surface area contributed by atoms with Gasteiger partial charge in [-0.2, -0.15) is 0 Å². The van der Waals surface area contributed by atoms with E-state index in [0.29, 0.717) is 0 Å². The van der Waals surface area contributed by atoms with Gasteiger partial charge in [-0.1, -0.05) is 24.3 Å². The lowest BCUT2D eigenvalue weighted by atomic mass is 10.00. The Hall–Kier alpha value is -3.99. The highest BCUT2D eigenvalue weighted by atomic mass is 16.1. The van der Waals surface area contributed by atoms with Crippen LogP contribution < -0.4 is 5.56 Å². The number of para-hydroxylation sites is 1. The van der Waals surface area contributed by atoms with E-state index in [-0.39, 0.29) is 5.56 Å². The smallest absolute Gasteiger partial charge is 0.271 e. The van der Waals surface area contributed by atoms with Crippen molar-refractivity contribution in [2.75, 3.05) is 0 Å². The van der Waals surface area contributed by atoms with Crippen molar-refractivity contribution in [2.45, 2.75) is 0 Å². The Morgan fingerprint density at radius 1 is 0.786 bits per heavy atom. The molecular weight excluding hydrogens is 348 g/mol. The third-order valence-electron chi connectivity index (χ3n) is 4.78. The summed E-state index contributed by atoms with van der Waals surface area (Å²) >= 11 is 0. The zero-order valence-corrected chi connectivity index (χ0v) is 14.9. The van der Waals surface area contributed by atoms with Gasteiger partial charge in [0.15, 0.2) is 0 Å². The number of nitrogens with one attached hydrogen (secondary N) is 1. The molecule has 5 rings (SSSR count). The van der Waals surface area contributed by atoms with E-state index in [4.69, 9.17) is 0 Å². The number of aromatic nitrogens is 4. The zero-order valence-electron chi connectivity index (χ0n) is 14.9. The standard InChI is InChI=1S/C23H16N4O/c28-23-15-22(26-27(23)18-4-2-1-3-5-18)17-6-7-21-20(14-17)19(10-13-25-21)16-8-11-24-12-9-16/h1-15,26H. The molecule has 0 radical (unpaired) electrons. The number of nitrogens with zero attached hydrogens (tertiary/aromatic N) is 3. The van der Waals surface area contributed by atoms with Gasteiger partial charge in [-0.15, -0.1) is 0 Å². The Bertz CT molecular complexity index is 1320. The van der Waals surface area contributed by atoms with Crippen LogP contribution in [0.25, 0.3) is 39.0 Å². The topological polar surface area (TPSA) is 63.6 Å². The van der Waals surface area contributed by atoms with E-state index < -0.39 is 0 Å². The second-order valence-corrected chi connectivity index (χ2v) is 6.51. The van der Waals surface area contributed by atoms with Gasteiger partial charge in [0.2, 0.25) is 0 Å². The van der Waals surface area contributed by atoms with E-state index in [1.165, 1.54) is 0 Å². The highest BCUT2D eigenvalue weighted by Crippen LogP contribution is 2.30. The summed E-state index contributed by atoms with van der Waals surface area (Å²) in [4.78, 5) is 21.1. The molecule has 1 N–H and O–H groups in total. The summed E-state index contributed by atoms with van der Waals surface area (Å²) in [5.41, 5.74) is 5.47. The minimum absolute atomic E-state index is 0.0955. The second-order valence-electron chi connectivity index (χ2n) is 6.51. The predicted octanol–water partition coefficient (Wildman–Crippen LogP) is 4.44. The molecule has 0 unspecified atom stereocenters. The summed E-state index contributed by atoms with van der Waals surface area (Å²) in [6, 6.07) is 23.1. The van der Waals surface area contributed by atoms with Crippen LogP contribution in [0.1, 0.15) is 0 Å². The predicted molar refractivity (Wildman–Crippen MR) is 110 cm³/mol. The van der Waals surface area contributed by atoms with Crippen LogP contribution in [0.3, 0.4) is 0 Å². The average Bonchev–Trinajstić information content (AvgIpc) is 3.16. The minimum atomic E-state index is -0.0955. The van der Waals surface area contributed by atoms with Gasteiger partial charge in [-0.3, -0.25) is 19.9 Å². The van der Waals surface area contributed by atoms with Crippen LogP contribution in [-0.2, 0) is 0 Å². The van der Waals surface area contributed by atoms with Crippen molar-refractivity contribution in [1.29, 1.82) is 0 Å². The molecule has 0 fully saturated rings. The molecule has 0 atom stereocenters. The maximum atomic E-state index is 12.5. The van der Waals surface area contributed by atoms with E-state index in [2.05, 4.69) is 21.1 Å². The molecule has 0 spiro atoms. The quantitative estimate of drug-likeness (QED) is 0.515. The van der Waals surface area contributed by atoms with Crippen LogP contribution in [0.4, 0.5) is 0 Å². The first-order valence-electron chi connectivity index (χ1n) is 8.97. The summed E-state index contributed by atoms with van der Waals surface area (Å²) in [6.45, 7) is 0. The SMILES string of the molecule is O=c1cc(-c2ccc3nccc(-c4ccncc4)c3c2)[nH]n1-c1ccccc1. The average molecular weight is 364 g/mol. The van der Waals surface area contributed by atoms with Crippen molar-refractivity contribution in [3.63, 3.8) is 0 Å². The zero-order chi connectivity index (χ0) is 18.9. The van der Waals surface area contributed by atoms with Gasteiger partial charge < -0.3 is 0 Å². The van der Waals surface area contributed by atoms with Gasteiger partial charge in [0.1, 0.15) is 0 Å². The summed E-state index contributed by atoms with van der Waals surface area (Å²) in [7, 11) is 0. The number of hydrogen-bond acceptors (Lipinski definition) is 3. The highest BCUT2D eigenvalue weighted by Gasteiger charge is 2.10. The van der Waals surface area contributed by atoms with Crippen LogP contribution in [0.2, 0.25) is 0 Å². The molecule has 0 aliphatic rings. The molecule has 0 aliphatic heterocycles. The summed E-state index contributed by atoms with van der Waals surface area (Å²) < 4.78 is 1.55. The van der Waals surface area contributed by atoms with Crippen LogP contribution in [0.5, 0.6) is 0 Å². The third kappa shape index (κ3) is 2.79. The van der Waals surface area contributed by atoms with Gasteiger partial charge in [0.05, 0.1) is 16.9 Å². The summed E-state index contributed by atoms with van der Waals surface area (Å²) in [5, 5.41) is 4.24. The Morgan fingerprint density at radius 3 is 2.43 bits per heavy atom. The Labute approximate surface area is 160 Å². The molecular formula is C23H16N4O. The monoisotopic (exact) mass is 364 g/mol. The van der Waals surface area contributed by atoms with E-state index >= 15 is 0 Å². The number of aromatic amines is 1. The van der Waals surface area contributed by atoms with Crippen LogP contribution in [0, 0.1) is 0 Å². The van der Waals surface area contributed by atoms with Crippen LogP contribution in [-0.4, -0.2) is 19.7 Å². The number of pyridine rings is 2. The second kappa shape index (κ2) is 6.63. The van der Waals surface area contributed by atoms with Crippen molar-refractivity contribution in [1.82, 2.24) is 19.7 Å². The molecule has 5 nitrogen and oxygen atoms in total. The molecule has 28 heavy (non-hydrogen) atoms. The minimum Gasteiger partial charge on any atom is -0.290 e. The van der Waals surface area contributed by atoms with Gasteiger partial charge in [-0.25, -0.2) is 4.68 Å². The van der Waals surface area contributed by atoms with Crippen molar-refractivity contribution in [2.24, 2.45) is 0 Å². The molecule has 3 heterocycles.